The van der Waals surface area contributed by atoms with Crippen LogP contribution in [0.5, 0.6) is 0 Å². The molecule has 1 aromatic carbocycles. The predicted octanol–water partition coefficient (Wildman–Crippen LogP) is 4.45. The largest absolute Gasteiger partial charge is 0.452 e. The smallest absolute Gasteiger partial charge is 0.339 e. The molecule has 0 saturated heterocycles. The number of esters is 1. The quantitative estimate of drug-likeness (QED) is 0.568. The highest BCUT2D eigenvalue weighted by molar-refractivity contribution is 6.05. The van der Waals surface area contributed by atoms with Gasteiger partial charge in [0.05, 0.1) is 11.1 Å². The zero-order valence-corrected chi connectivity index (χ0v) is 17.3. The van der Waals surface area contributed by atoms with Crippen molar-refractivity contribution in [3.05, 3.63) is 41.1 Å². The highest BCUT2D eigenvalue weighted by Crippen LogP contribution is 2.29. The molecule has 1 heterocycles. The van der Waals surface area contributed by atoms with Crippen molar-refractivity contribution < 1.29 is 14.3 Å². The normalized spacial score (nSPS) is 17.4. The fourth-order valence-electron chi connectivity index (χ4n) is 4.76. The van der Waals surface area contributed by atoms with Gasteiger partial charge in [0.1, 0.15) is 0 Å². The van der Waals surface area contributed by atoms with Crippen LogP contribution in [-0.2, 0) is 22.4 Å². The van der Waals surface area contributed by atoms with E-state index in [-0.39, 0.29) is 18.6 Å². The minimum Gasteiger partial charge on any atom is -0.452 e. The molecule has 1 aromatic heterocycles. The van der Waals surface area contributed by atoms with Gasteiger partial charge in [-0.05, 0) is 50.2 Å². The van der Waals surface area contributed by atoms with E-state index in [2.05, 4.69) is 0 Å². The number of carbonyl (C=O) groups is 2. The van der Waals surface area contributed by atoms with Crippen LogP contribution in [0.15, 0.2) is 24.3 Å². The standard InChI is InChI=1S/C24H30N2O3/c1-26(17-10-4-2-5-11-17)22(27)16-29-24(28)23-18-12-6-3-7-14-20(18)25-21-15-9-8-13-19(21)23/h8-9,13,15,17H,2-7,10-12,14,16H2,1H3. The van der Waals surface area contributed by atoms with Crippen molar-refractivity contribution >= 4 is 22.8 Å². The van der Waals surface area contributed by atoms with Gasteiger partial charge in [-0.3, -0.25) is 9.78 Å². The molecule has 1 amide bonds. The fraction of sp³-hybridized carbons (Fsp3) is 0.542. The number of fused-ring (bicyclic) bond motifs is 2. The van der Waals surface area contributed by atoms with Gasteiger partial charge in [0.25, 0.3) is 5.91 Å². The second-order valence-corrected chi connectivity index (χ2v) is 8.36. The number of benzene rings is 1. The summed E-state index contributed by atoms with van der Waals surface area (Å²) >= 11 is 0. The first-order valence-corrected chi connectivity index (χ1v) is 11.0. The molecule has 0 bridgehead atoms. The average Bonchev–Trinajstić information content (AvgIpc) is 3.00. The molecule has 4 rings (SSSR count). The minimum absolute atomic E-state index is 0.116. The molecule has 0 radical (unpaired) electrons. The van der Waals surface area contributed by atoms with E-state index in [4.69, 9.17) is 9.72 Å². The van der Waals surface area contributed by atoms with Crippen LogP contribution in [0.4, 0.5) is 0 Å². The molecule has 1 saturated carbocycles. The number of hydrogen-bond donors (Lipinski definition) is 0. The number of ether oxygens (including phenoxy) is 1. The van der Waals surface area contributed by atoms with Crippen molar-refractivity contribution in [1.29, 1.82) is 0 Å². The molecule has 2 aliphatic rings. The molecular formula is C24H30N2O3. The number of likely N-dealkylation sites (N-methyl/N-ethyl adjacent to an activating group) is 1. The van der Waals surface area contributed by atoms with E-state index in [9.17, 15) is 9.59 Å². The predicted molar refractivity (Wildman–Crippen MR) is 113 cm³/mol. The van der Waals surface area contributed by atoms with Gasteiger partial charge in [-0.25, -0.2) is 4.79 Å². The van der Waals surface area contributed by atoms with Crippen LogP contribution in [-0.4, -0.2) is 41.5 Å². The Morgan fingerprint density at radius 1 is 1.03 bits per heavy atom. The van der Waals surface area contributed by atoms with Crippen LogP contribution in [0.3, 0.4) is 0 Å². The zero-order chi connectivity index (χ0) is 20.2. The third-order valence-corrected chi connectivity index (χ3v) is 6.47. The molecule has 0 aliphatic heterocycles. The number of rotatable bonds is 4. The molecule has 154 valence electrons. The monoisotopic (exact) mass is 394 g/mol. The summed E-state index contributed by atoms with van der Waals surface area (Å²) in [6.07, 6.45) is 10.7. The topological polar surface area (TPSA) is 59.5 Å². The van der Waals surface area contributed by atoms with Crippen LogP contribution < -0.4 is 0 Å². The average molecular weight is 395 g/mol. The van der Waals surface area contributed by atoms with Crippen LogP contribution >= 0.6 is 0 Å². The van der Waals surface area contributed by atoms with Gasteiger partial charge in [-0.2, -0.15) is 0 Å². The van der Waals surface area contributed by atoms with Crippen molar-refractivity contribution in [3.8, 4) is 0 Å². The summed E-state index contributed by atoms with van der Waals surface area (Å²) in [5, 5.41) is 0.825. The lowest BCUT2D eigenvalue weighted by atomic mass is 9.94. The van der Waals surface area contributed by atoms with Crippen LogP contribution in [0.1, 0.15) is 73.0 Å². The van der Waals surface area contributed by atoms with E-state index in [1.165, 1.54) is 6.42 Å². The highest BCUT2D eigenvalue weighted by Gasteiger charge is 2.26. The van der Waals surface area contributed by atoms with Gasteiger partial charge in [-0.1, -0.05) is 43.9 Å². The second-order valence-electron chi connectivity index (χ2n) is 8.36. The number of aryl methyl sites for hydroxylation is 1. The second kappa shape index (κ2) is 8.93. The maximum absolute atomic E-state index is 13.1. The number of aromatic nitrogens is 1. The first kappa shape index (κ1) is 19.9. The number of pyridine rings is 1. The molecule has 2 aromatic rings. The summed E-state index contributed by atoms with van der Waals surface area (Å²) in [7, 11) is 1.83. The summed E-state index contributed by atoms with van der Waals surface area (Å²) < 4.78 is 5.56. The van der Waals surface area contributed by atoms with Crippen molar-refractivity contribution in [2.75, 3.05) is 13.7 Å². The van der Waals surface area contributed by atoms with Gasteiger partial charge in [0, 0.05) is 24.2 Å². The van der Waals surface area contributed by atoms with E-state index in [1.807, 2.05) is 31.3 Å². The number of para-hydroxylation sites is 1. The molecular weight excluding hydrogens is 364 g/mol. The number of nitrogens with zero attached hydrogens (tertiary/aromatic N) is 2. The molecule has 2 aliphatic carbocycles. The van der Waals surface area contributed by atoms with Gasteiger partial charge < -0.3 is 9.64 Å². The third-order valence-electron chi connectivity index (χ3n) is 6.47. The van der Waals surface area contributed by atoms with Gasteiger partial charge in [0.15, 0.2) is 6.61 Å². The molecule has 5 nitrogen and oxygen atoms in total. The van der Waals surface area contributed by atoms with Crippen LogP contribution in [0.25, 0.3) is 10.9 Å². The highest BCUT2D eigenvalue weighted by atomic mass is 16.5. The van der Waals surface area contributed by atoms with Gasteiger partial charge in [0.2, 0.25) is 0 Å². The van der Waals surface area contributed by atoms with E-state index in [1.54, 1.807) is 4.90 Å². The summed E-state index contributed by atoms with van der Waals surface area (Å²) in [4.78, 5) is 32.3. The Bertz CT molecular complexity index is 902. The molecule has 0 unspecified atom stereocenters. The maximum atomic E-state index is 13.1. The Kier molecular flexibility index (Phi) is 6.12. The Labute approximate surface area is 172 Å². The first-order chi connectivity index (χ1) is 14.1. The molecule has 0 spiro atoms. The van der Waals surface area contributed by atoms with Crippen LogP contribution in [0, 0.1) is 0 Å². The molecule has 29 heavy (non-hydrogen) atoms. The van der Waals surface area contributed by atoms with Gasteiger partial charge >= 0.3 is 5.97 Å². The van der Waals surface area contributed by atoms with E-state index < -0.39 is 5.97 Å². The lowest BCUT2D eigenvalue weighted by Crippen LogP contribution is -2.40. The number of hydrogen-bond acceptors (Lipinski definition) is 4. The molecule has 1 fully saturated rings. The van der Waals surface area contributed by atoms with Crippen molar-refractivity contribution in [3.63, 3.8) is 0 Å². The van der Waals surface area contributed by atoms with Crippen molar-refractivity contribution in [1.82, 2.24) is 9.88 Å². The van der Waals surface area contributed by atoms with Crippen LogP contribution in [0.2, 0.25) is 0 Å². The summed E-state index contributed by atoms with van der Waals surface area (Å²) in [5.41, 5.74) is 3.46. The Morgan fingerprint density at radius 2 is 1.76 bits per heavy atom. The summed E-state index contributed by atoms with van der Waals surface area (Å²) in [6, 6.07) is 8.01. The third kappa shape index (κ3) is 4.29. The molecule has 0 atom stereocenters. The Hall–Kier alpha value is -2.43. The van der Waals surface area contributed by atoms with Gasteiger partial charge in [-0.15, -0.1) is 0 Å². The van der Waals surface area contributed by atoms with E-state index >= 15 is 0 Å². The molecule has 5 heteroatoms. The SMILES string of the molecule is CN(C(=O)COC(=O)c1c2c(nc3ccccc13)CCCCC2)C1CCCCC1. The van der Waals surface area contributed by atoms with E-state index in [0.717, 1.165) is 79.9 Å². The Balaban J connectivity index is 1.55. The fourth-order valence-corrected chi connectivity index (χ4v) is 4.76. The minimum atomic E-state index is -0.396. The molecule has 0 N–H and O–H groups in total. The summed E-state index contributed by atoms with van der Waals surface area (Å²) in [5.74, 6) is -0.512. The number of carbonyl (C=O) groups excluding carboxylic acids is 2. The summed E-state index contributed by atoms with van der Waals surface area (Å²) in [6.45, 7) is -0.197. The maximum Gasteiger partial charge on any atom is 0.339 e. The first-order valence-electron chi connectivity index (χ1n) is 11.0. The number of amides is 1. The van der Waals surface area contributed by atoms with Crippen molar-refractivity contribution in [2.24, 2.45) is 0 Å². The lowest BCUT2D eigenvalue weighted by molar-refractivity contribution is -0.135. The van der Waals surface area contributed by atoms with E-state index in [0.29, 0.717) is 5.56 Å². The Morgan fingerprint density at radius 3 is 2.59 bits per heavy atom. The zero-order valence-electron chi connectivity index (χ0n) is 17.3. The van der Waals surface area contributed by atoms with Crippen molar-refractivity contribution in [2.45, 2.75) is 70.3 Å². The lowest BCUT2D eigenvalue weighted by Gasteiger charge is -2.31.